The molecule has 0 amide bonds. The fourth-order valence-corrected chi connectivity index (χ4v) is 1.97. The van der Waals surface area contributed by atoms with Gasteiger partial charge in [0, 0.05) is 17.7 Å². The van der Waals surface area contributed by atoms with Gasteiger partial charge in [0.15, 0.2) is 0 Å². The van der Waals surface area contributed by atoms with Gasteiger partial charge in [0.05, 0.1) is 7.11 Å². The van der Waals surface area contributed by atoms with Crippen molar-refractivity contribution in [1.82, 2.24) is 0 Å². The van der Waals surface area contributed by atoms with Crippen LogP contribution in [0.25, 0.3) is 0 Å². The maximum absolute atomic E-state index is 9.33. The second kappa shape index (κ2) is 6.46. The Kier molecular flexibility index (Phi) is 4.66. The molecule has 0 radical (unpaired) electrons. The molecule has 104 valence electrons. The number of anilines is 1. The highest BCUT2D eigenvalue weighted by Gasteiger charge is 2.17. The van der Waals surface area contributed by atoms with Gasteiger partial charge in [-0.3, -0.25) is 0 Å². The molecule has 0 fully saturated rings. The topological polar surface area (TPSA) is 61.7 Å². The van der Waals surface area contributed by atoms with E-state index in [0.29, 0.717) is 17.8 Å². The largest absolute Gasteiger partial charge is 0.497 e. The van der Waals surface area contributed by atoms with Crippen LogP contribution in [0.5, 0.6) is 5.75 Å². The molecule has 4 nitrogen and oxygen atoms in total. The minimum Gasteiger partial charge on any atom is -0.497 e. The first-order valence-corrected chi connectivity index (χ1v) is 6.43. The van der Waals surface area contributed by atoms with E-state index in [9.17, 15) is 10.0 Å². The summed E-state index contributed by atoms with van der Waals surface area (Å²) < 4.78 is 5.10. The zero-order valence-corrected chi connectivity index (χ0v) is 11.6. The van der Waals surface area contributed by atoms with E-state index in [2.05, 4.69) is 5.32 Å². The summed E-state index contributed by atoms with van der Waals surface area (Å²) in [4.78, 5) is 0. The van der Waals surface area contributed by atoms with Crippen molar-refractivity contribution < 1.29 is 14.8 Å². The van der Waals surface area contributed by atoms with Crippen LogP contribution in [0.1, 0.15) is 11.1 Å². The van der Waals surface area contributed by atoms with Crippen molar-refractivity contribution in [3.63, 3.8) is 0 Å². The quantitative estimate of drug-likeness (QED) is 0.717. The molecule has 5 heteroatoms. The van der Waals surface area contributed by atoms with E-state index in [1.54, 1.807) is 12.1 Å². The van der Waals surface area contributed by atoms with Crippen molar-refractivity contribution in [1.29, 1.82) is 0 Å². The fraction of sp³-hybridized carbons (Fsp3) is 0.200. The average Bonchev–Trinajstić information content (AvgIpc) is 2.46. The molecule has 0 bridgehead atoms. The zero-order valence-electron chi connectivity index (χ0n) is 11.6. The fourth-order valence-electron chi connectivity index (χ4n) is 1.97. The van der Waals surface area contributed by atoms with Crippen molar-refractivity contribution in [2.45, 2.75) is 13.5 Å². The van der Waals surface area contributed by atoms with Crippen LogP contribution in [-0.2, 0) is 6.54 Å². The Bertz CT molecular complexity index is 570. The standard InChI is InChI=1S/C15H18BNO3/c1-11-3-6-13(7-4-11)17-10-12-5-8-15(20-2)14(9-12)16(18)19/h3-9,17-19H,10H2,1-2H3. The summed E-state index contributed by atoms with van der Waals surface area (Å²) in [6.07, 6.45) is 0. The molecule has 0 aliphatic rings. The number of benzene rings is 2. The maximum Gasteiger partial charge on any atom is 0.492 e. The van der Waals surface area contributed by atoms with Gasteiger partial charge < -0.3 is 20.1 Å². The zero-order chi connectivity index (χ0) is 14.5. The van der Waals surface area contributed by atoms with E-state index in [1.807, 2.05) is 37.3 Å². The maximum atomic E-state index is 9.33. The van der Waals surface area contributed by atoms with Crippen LogP contribution < -0.4 is 15.5 Å². The number of hydrogen-bond acceptors (Lipinski definition) is 4. The Morgan fingerprint density at radius 3 is 2.40 bits per heavy atom. The van der Waals surface area contributed by atoms with Gasteiger partial charge >= 0.3 is 7.12 Å². The monoisotopic (exact) mass is 271 g/mol. The Morgan fingerprint density at radius 2 is 1.80 bits per heavy atom. The van der Waals surface area contributed by atoms with Crippen molar-refractivity contribution in [3.8, 4) is 5.75 Å². The van der Waals surface area contributed by atoms with Crippen LogP contribution in [0.4, 0.5) is 5.69 Å². The van der Waals surface area contributed by atoms with Gasteiger partial charge in [-0.2, -0.15) is 0 Å². The number of hydrogen-bond donors (Lipinski definition) is 3. The lowest BCUT2D eigenvalue weighted by Crippen LogP contribution is -2.31. The van der Waals surface area contributed by atoms with E-state index in [0.717, 1.165) is 11.3 Å². The van der Waals surface area contributed by atoms with Crippen molar-refractivity contribution in [2.24, 2.45) is 0 Å². The van der Waals surface area contributed by atoms with E-state index >= 15 is 0 Å². The highest BCUT2D eigenvalue weighted by molar-refractivity contribution is 6.59. The van der Waals surface area contributed by atoms with Gasteiger partial charge in [0.25, 0.3) is 0 Å². The second-order valence-corrected chi connectivity index (χ2v) is 4.67. The Balaban J connectivity index is 2.09. The molecular formula is C15H18BNO3. The van der Waals surface area contributed by atoms with Crippen LogP contribution in [-0.4, -0.2) is 24.3 Å². The van der Waals surface area contributed by atoms with E-state index in [1.165, 1.54) is 12.7 Å². The summed E-state index contributed by atoms with van der Waals surface area (Å²) in [6.45, 7) is 2.65. The molecule has 0 saturated heterocycles. The number of ether oxygens (including phenoxy) is 1. The molecule has 0 aliphatic carbocycles. The van der Waals surface area contributed by atoms with Gasteiger partial charge in [-0.15, -0.1) is 0 Å². The highest BCUT2D eigenvalue weighted by atomic mass is 16.5. The molecular weight excluding hydrogens is 253 g/mol. The van der Waals surface area contributed by atoms with Crippen LogP contribution in [0.15, 0.2) is 42.5 Å². The Morgan fingerprint density at radius 1 is 1.10 bits per heavy atom. The Hall–Kier alpha value is -1.98. The molecule has 2 aromatic rings. The molecule has 0 heterocycles. The molecule has 0 spiro atoms. The molecule has 2 rings (SSSR count). The van der Waals surface area contributed by atoms with Gasteiger partial charge in [0.2, 0.25) is 0 Å². The molecule has 3 N–H and O–H groups in total. The van der Waals surface area contributed by atoms with E-state index < -0.39 is 7.12 Å². The molecule has 0 aliphatic heterocycles. The van der Waals surface area contributed by atoms with Crippen molar-refractivity contribution in [3.05, 3.63) is 53.6 Å². The summed E-state index contributed by atoms with van der Waals surface area (Å²) in [6, 6.07) is 13.5. The molecule has 0 atom stereocenters. The summed E-state index contributed by atoms with van der Waals surface area (Å²) >= 11 is 0. The lowest BCUT2D eigenvalue weighted by atomic mass is 9.78. The van der Waals surface area contributed by atoms with Crippen LogP contribution in [0, 0.1) is 6.92 Å². The third kappa shape index (κ3) is 3.53. The number of methoxy groups -OCH3 is 1. The lowest BCUT2D eigenvalue weighted by molar-refractivity contribution is 0.403. The van der Waals surface area contributed by atoms with E-state index in [-0.39, 0.29) is 0 Å². The number of nitrogens with one attached hydrogen (secondary N) is 1. The van der Waals surface area contributed by atoms with Gasteiger partial charge in [-0.05, 0) is 30.7 Å². The Labute approximate surface area is 119 Å². The van der Waals surface area contributed by atoms with Gasteiger partial charge in [0.1, 0.15) is 5.75 Å². The van der Waals surface area contributed by atoms with Crippen LogP contribution in [0.3, 0.4) is 0 Å². The summed E-state index contributed by atoms with van der Waals surface area (Å²) in [5.74, 6) is 0.471. The summed E-state index contributed by atoms with van der Waals surface area (Å²) in [7, 11) is -0.0323. The molecule has 20 heavy (non-hydrogen) atoms. The molecule has 2 aromatic carbocycles. The normalized spacial score (nSPS) is 10.2. The molecule has 0 aromatic heterocycles. The third-order valence-electron chi connectivity index (χ3n) is 3.12. The predicted octanol–water partition coefficient (Wildman–Crippen LogP) is 1.30. The minimum atomic E-state index is -1.54. The number of rotatable bonds is 5. The first-order chi connectivity index (χ1) is 9.60. The summed E-state index contributed by atoms with van der Waals surface area (Å²) in [5.41, 5.74) is 3.56. The first kappa shape index (κ1) is 14.4. The first-order valence-electron chi connectivity index (χ1n) is 6.43. The SMILES string of the molecule is COc1ccc(CNc2ccc(C)cc2)cc1B(O)O. The highest BCUT2D eigenvalue weighted by Crippen LogP contribution is 2.13. The molecule has 0 unspecified atom stereocenters. The molecule has 0 saturated carbocycles. The predicted molar refractivity (Wildman–Crippen MR) is 81.3 cm³/mol. The van der Waals surface area contributed by atoms with Crippen molar-refractivity contribution >= 4 is 18.3 Å². The van der Waals surface area contributed by atoms with Gasteiger partial charge in [-0.1, -0.05) is 29.8 Å². The van der Waals surface area contributed by atoms with Crippen LogP contribution in [0.2, 0.25) is 0 Å². The van der Waals surface area contributed by atoms with Crippen molar-refractivity contribution in [2.75, 3.05) is 12.4 Å². The third-order valence-corrected chi connectivity index (χ3v) is 3.12. The lowest BCUT2D eigenvalue weighted by Gasteiger charge is -2.11. The van der Waals surface area contributed by atoms with Crippen LogP contribution >= 0.6 is 0 Å². The summed E-state index contributed by atoms with van der Waals surface area (Å²) in [5, 5.41) is 21.9. The average molecular weight is 271 g/mol. The van der Waals surface area contributed by atoms with Gasteiger partial charge in [-0.25, -0.2) is 0 Å². The smallest absolute Gasteiger partial charge is 0.492 e. The van der Waals surface area contributed by atoms with E-state index in [4.69, 9.17) is 4.74 Å². The minimum absolute atomic E-state index is 0.371. The second-order valence-electron chi connectivity index (χ2n) is 4.67. The number of aryl methyl sites for hydroxylation is 1.